The molecule has 0 saturated heterocycles. The molecule has 0 saturated carbocycles. The summed E-state index contributed by atoms with van der Waals surface area (Å²) in [5.74, 6) is 0.417. The third-order valence-electron chi connectivity index (χ3n) is 3.88. The summed E-state index contributed by atoms with van der Waals surface area (Å²) in [6.07, 6.45) is 1.72. The second-order valence-corrected chi connectivity index (χ2v) is 5.69. The molecule has 0 aliphatic heterocycles. The van der Waals surface area contributed by atoms with Crippen molar-refractivity contribution < 1.29 is 5.11 Å². The van der Waals surface area contributed by atoms with Gasteiger partial charge < -0.3 is 15.4 Å². The van der Waals surface area contributed by atoms with Gasteiger partial charge in [-0.25, -0.2) is 9.97 Å². The monoisotopic (exact) mass is 270 g/mol. The van der Waals surface area contributed by atoms with Gasteiger partial charge in [0.2, 0.25) is 0 Å². The van der Waals surface area contributed by atoms with Gasteiger partial charge in [-0.05, 0) is 26.8 Å². The number of hydrogen-bond donors (Lipinski definition) is 2. The van der Waals surface area contributed by atoms with Crippen LogP contribution >= 0.6 is 0 Å². The van der Waals surface area contributed by atoms with Crippen molar-refractivity contribution in [2.75, 3.05) is 5.73 Å². The first-order chi connectivity index (χ1) is 9.39. The smallest absolute Gasteiger partial charge is 0.152 e. The van der Waals surface area contributed by atoms with Crippen molar-refractivity contribution in [1.29, 1.82) is 0 Å². The minimum atomic E-state index is -0.854. The average molecular weight is 270 g/mol. The summed E-state index contributed by atoms with van der Waals surface area (Å²) in [6, 6.07) is 7.70. The molecular formula is C15H18N4O. The molecule has 1 aromatic carbocycles. The SMILES string of the molecule is CC(n1cnc2c(N)nc3ccccc3c21)C(C)(C)O. The fraction of sp³-hybridized carbons (Fsp3) is 0.333. The van der Waals surface area contributed by atoms with Crippen LogP contribution in [0.3, 0.4) is 0 Å². The van der Waals surface area contributed by atoms with Crippen molar-refractivity contribution in [2.45, 2.75) is 32.4 Å². The molecule has 2 heterocycles. The predicted molar refractivity (Wildman–Crippen MR) is 80.5 cm³/mol. The van der Waals surface area contributed by atoms with Gasteiger partial charge in [-0.3, -0.25) is 0 Å². The third-order valence-corrected chi connectivity index (χ3v) is 3.88. The number of aromatic nitrogens is 3. The molecule has 5 heteroatoms. The van der Waals surface area contributed by atoms with Crippen molar-refractivity contribution in [3.8, 4) is 0 Å². The molecule has 0 radical (unpaired) electrons. The van der Waals surface area contributed by atoms with E-state index in [2.05, 4.69) is 9.97 Å². The highest BCUT2D eigenvalue weighted by Crippen LogP contribution is 2.32. The number of pyridine rings is 1. The van der Waals surface area contributed by atoms with Gasteiger partial charge in [-0.1, -0.05) is 18.2 Å². The molecule has 0 spiro atoms. The standard InChI is InChI=1S/C15H18N4O/c1-9(15(2,3)20)19-8-17-12-13(19)10-6-4-5-7-11(10)18-14(12)16/h4-9,20H,1-3H3,(H2,16,18). The molecule has 3 aromatic rings. The zero-order chi connectivity index (χ0) is 14.5. The molecule has 3 N–H and O–H groups in total. The molecule has 1 atom stereocenters. The Labute approximate surface area is 117 Å². The van der Waals surface area contributed by atoms with Crippen LogP contribution in [0.15, 0.2) is 30.6 Å². The van der Waals surface area contributed by atoms with E-state index in [4.69, 9.17) is 5.73 Å². The first-order valence-electron chi connectivity index (χ1n) is 6.62. The highest BCUT2D eigenvalue weighted by Gasteiger charge is 2.26. The predicted octanol–water partition coefficient (Wildman–Crippen LogP) is 2.50. The highest BCUT2D eigenvalue weighted by atomic mass is 16.3. The number of anilines is 1. The van der Waals surface area contributed by atoms with E-state index in [0.717, 1.165) is 16.4 Å². The minimum Gasteiger partial charge on any atom is -0.388 e. The summed E-state index contributed by atoms with van der Waals surface area (Å²) in [6.45, 7) is 5.54. The minimum absolute atomic E-state index is 0.127. The molecule has 0 bridgehead atoms. The molecule has 2 aromatic heterocycles. The van der Waals surface area contributed by atoms with Gasteiger partial charge in [-0.15, -0.1) is 0 Å². The zero-order valence-electron chi connectivity index (χ0n) is 11.8. The number of imidazole rings is 1. The van der Waals surface area contributed by atoms with Gasteiger partial charge in [-0.2, -0.15) is 0 Å². The molecule has 0 amide bonds. The van der Waals surface area contributed by atoms with Crippen LogP contribution in [-0.2, 0) is 0 Å². The van der Waals surface area contributed by atoms with E-state index in [9.17, 15) is 5.11 Å². The molecule has 104 valence electrons. The molecule has 0 aliphatic rings. The normalized spacial score (nSPS) is 14.0. The van der Waals surface area contributed by atoms with Crippen molar-refractivity contribution >= 4 is 27.8 Å². The Balaban J connectivity index is 2.41. The van der Waals surface area contributed by atoms with Gasteiger partial charge in [0.05, 0.1) is 29.0 Å². The topological polar surface area (TPSA) is 77.0 Å². The van der Waals surface area contributed by atoms with Crippen LogP contribution in [0, 0.1) is 0 Å². The summed E-state index contributed by atoms with van der Waals surface area (Å²) in [4.78, 5) is 8.75. The second kappa shape index (κ2) is 4.18. The number of rotatable bonds is 2. The van der Waals surface area contributed by atoms with Gasteiger partial charge in [0.1, 0.15) is 5.52 Å². The quantitative estimate of drug-likeness (QED) is 0.750. The number of nitrogens with two attached hydrogens (primary N) is 1. The van der Waals surface area contributed by atoms with Crippen LogP contribution in [-0.4, -0.2) is 25.2 Å². The van der Waals surface area contributed by atoms with Crippen LogP contribution in [0.4, 0.5) is 5.82 Å². The van der Waals surface area contributed by atoms with Crippen LogP contribution in [0.25, 0.3) is 21.9 Å². The van der Waals surface area contributed by atoms with Crippen LogP contribution in [0.1, 0.15) is 26.8 Å². The number of hydrogen-bond acceptors (Lipinski definition) is 4. The van der Waals surface area contributed by atoms with Gasteiger partial charge >= 0.3 is 0 Å². The number of aliphatic hydroxyl groups is 1. The Morgan fingerprint density at radius 2 is 2.00 bits per heavy atom. The Morgan fingerprint density at radius 3 is 2.70 bits per heavy atom. The van der Waals surface area contributed by atoms with E-state index in [1.165, 1.54) is 0 Å². The Bertz CT molecular complexity index is 786. The van der Waals surface area contributed by atoms with Crippen molar-refractivity contribution in [1.82, 2.24) is 14.5 Å². The molecule has 0 fully saturated rings. The maximum atomic E-state index is 10.3. The van der Waals surface area contributed by atoms with Crippen molar-refractivity contribution in [3.05, 3.63) is 30.6 Å². The van der Waals surface area contributed by atoms with Crippen LogP contribution in [0.2, 0.25) is 0 Å². The van der Waals surface area contributed by atoms with Crippen molar-refractivity contribution in [3.63, 3.8) is 0 Å². The average Bonchev–Trinajstić information content (AvgIpc) is 2.82. The summed E-state index contributed by atoms with van der Waals surface area (Å²) in [7, 11) is 0. The lowest BCUT2D eigenvalue weighted by Crippen LogP contribution is -2.30. The number of nitrogen functional groups attached to an aromatic ring is 1. The lowest BCUT2D eigenvalue weighted by molar-refractivity contribution is 0.0320. The molecule has 1 unspecified atom stereocenters. The van der Waals surface area contributed by atoms with E-state index < -0.39 is 5.60 Å². The Kier molecular flexibility index (Phi) is 2.69. The highest BCUT2D eigenvalue weighted by molar-refractivity contribution is 6.06. The van der Waals surface area contributed by atoms with Gasteiger partial charge in [0.25, 0.3) is 0 Å². The van der Waals surface area contributed by atoms with Crippen LogP contribution in [0.5, 0.6) is 0 Å². The summed E-state index contributed by atoms with van der Waals surface area (Å²) in [5, 5.41) is 11.3. The molecular weight excluding hydrogens is 252 g/mol. The maximum absolute atomic E-state index is 10.3. The molecule has 5 nitrogen and oxygen atoms in total. The van der Waals surface area contributed by atoms with E-state index in [1.54, 1.807) is 20.2 Å². The van der Waals surface area contributed by atoms with E-state index in [1.807, 2.05) is 35.8 Å². The fourth-order valence-electron chi connectivity index (χ4n) is 2.40. The lowest BCUT2D eigenvalue weighted by atomic mass is 10.0. The molecule has 3 rings (SSSR count). The first kappa shape index (κ1) is 12.9. The molecule has 20 heavy (non-hydrogen) atoms. The Morgan fingerprint density at radius 1 is 1.30 bits per heavy atom. The number of nitrogens with zero attached hydrogens (tertiary/aromatic N) is 3. The van der Waals surface area contributed by atoms with E-state index in [-0.39, 0.29) is 6.04 Å². The Hall–Kier alpha value is -2.14. The largest absolute Gasteiger partial charge is 0.388 e. The third kappa shape index (κ3) is 1.82. The van der Waals surface area contributed by atoms with Gasteiger partial charge in [0.15, 0.2) is 5.82 Å². The summed E-state index contributed by atoms with van der Waals surface area (Å²) >= 11 is 0. The fourth-order valence-corrected chi connectivity index (χ4v) is 2.40. The maximum Gasteiger partial charge on any atom is 0.152 e. The van der Waals surface area contributed by atoms with E-state index >= 15 is 0 Å². The second-order valence-electron chi connectivity index (χ2n) is 5.69. The van der Waals surface area contributed by atoms with E-state index in [0.29, 0.717) is 11.3 Å². The summed E-state index contributed by atoms with van der Waals surface area (Å²) in [5.41, 5.74) is 7.58. The first-order valence-corrected chi connectivity index (χ1v) is 6.62. The summed E-state index contributed by atoms with van der Waals surface area (Å²) < 4.78 is 1.97. The van der Waals surface area contributed by atoms with Gasteiger partial charge in [0, 0.05) is 5.39 Å². The van der Waals surface area contributed by atoms with Crippen LogP contribution < -0.4 is 5.73 Å². The number of para-hydroxylation sites is 1. The zero-order valence-corrected chi connectivity index (χ0v) is 11.8. The van der Waals surface area contributed by atoms with Crippen molar-refractivity contribution in [2.24, 2.45) is 0 Å². The number of benzene rings is 1. The lowest BCUT2D eigenvalue weighted by Gasteiger charge is -2.27. The molecule has 0 aliphatic carbocycles. The number of fused-ring (bicyclic) bond motifs is 3.